The van der Waals surface area contributed by atoms with Crippen LogP contribution < -0.4 is 11.1 Å². The van der Waals surface area contributed by atoms with Gasteiger partial charge >= 0.3 is 0 Å². The summed E-state index contributed by atoms with van der Waals surface area (Å²) in [6, 6.07) is 9.05. The minimum absolute atomic E-state index is 0.179. The van der Waals surface area contributed by atoms with Gasteiger partial charge in [-0.25, -0.2) is 9.67 Å². The van der Waals surface area contributed by atoms with Crippen molar-refractivity contribution in [2.75, 3.05) is 0 Å². The van der Waals surface area contributed by atoms with Crippen molar-refractivity contribution in [2.24, 2.45) is 0 Å². The zero-order valence-electron chi connectivity index (χ0n) is 13.1. The predicted octanol–water partition coefficient (Wildman–Crippen LogP) is 2.54. The van der Waals surface area contributed by atoms with E-state index in [1.54, 1.807) is 18.5 Å². The SMILES string of the molecule is Cc1ccccc1-n1[nH]c2cc(=O)n(-c3nccs3)c(C)c2c1=O. The summed E-state index contributed by atoms with van der Waals surface area (Å²) in [5.74, 6) is 0. The monoisotopic (exact) mass is 338 g/mol. The molecule has 0 amide bonds. The number of pyridine rings is 1. The smallest absolute Gasteiger partial charge is 0.280 e. The maximum atomic E-state index is 12.9. The molecule has 0 bridgehead atoms. The molecule has 1 aromatic carbocycles. The van der Waals surface area contributed by atoms with Crippen LogP contribution in [-0.4, -0.2) is 19.3 Å². The summed E-state index contributed by atoms with van der Waals surface area (Å²) >= 11 is 1.36. The van der Waals surface area contributed by atoms with Gasteiger partial charge in [0.05, 0.1) is 16.6 Å². The van der Waals surface area contributed by atoms with Crippen molar-refractivity contribution in [1.82, 2.24) is 19.3 Å². The van der Waals surface area contributed by atoms with E-state index in [0.29, 0.717) is 21.7 Å². The molecule has 0 aliphatic rings. The van der Waals surface area contributed by atoms with Gasteiger partial charge in [-0.2, -0.15) is 0 Å². The number of aryl methyl sites for hydroxylation is 2. The highest BCUT2D eigenvalue weighted by Crippen LogP contribution is 2.18. The largest absolute Gasteiger partial charge is 0.290 e. The Labute approximate surface area is 140 Å². The summed E-state index contributed by atoms with van der Waals surface area (Å²) in [4.78, 5) is 29.6. The summed E-state index contributed by atoms with van der Waals surface area (Å²) in [6.45, 7) is 3.71. The fraction of sp³-hybridized carbons (Fsp3) is 0.118. The molecule has 0 aliphatic carbocycles. The van der Waals surface area contributed by atoms with Gasteiger partial charge < -0.3 is 0 Å². The van der Waals surface area contributed by atoms with E-state index in [1.807, 2.05) is 31.2 Å². The molecule has 3 heterocycles. The third-order valence-corrected chi connectivity index (χ3v) is 4.83. The molecule has 0 radical (unpaired) electrons. The summed E-state index contributed by atoms with van der Waals surface area (Å²) in [5.41, 5.74) is 2.46. The Morgan fingerprint density at radius 1 is 1.17 bits per heavy atom. The maximum Gasteiger partial charge on any atom is 0.280 e. The second-order valence-electron chi connectivity index (χ2n) is 5.55. The average Bonchev–Trinajstić information content (AvgIpc) is 3.16. The summed E-state index contributed by atoms with van der Waals surface area (Å²) in [5, 5.41) is 5.90. The lowest BCUT2D eigenvalue weighted by atomic mass is 10.2. The molecule has 120 valence electrons. The van der Waals surface area contributed by atoms with E-state index in [0.717, 1.165) is 11.3 Å². The van der Waals surface area contributed by atoms with E-state index in [9.17, 15) is 9.59 Å². The molecule has 0 spiro atoms. The number of rotatable bonds is 2. The quantitative estimate of drug-likeness (QED) is 0.610. The van der Waals surface area contributed by atoms with Gasteiger partial charge in [-0.15, -0.1) is 11.3 Å². The van der Waals surface area contributed by atoms with Crippen molar-refractivity contribution < 1.29 is 0 Å². The number of thiazole rings is 1. The van der Waals surface area contributed by atoms with Crippen LogP contribution in [0.4, 0.5) is 0 Å². The van der Waals surface area contributed by atoms with E-state index in [1.165, 1.54) is 26.7 Å². The number of para-hydroxylation sites is 1. The molecule has 1 N–H and O–H groups in total. The molecule has 3 aromatic heterocycles. The number of hydrogen-bond acceptors (Lipinski definition) is 4. The van der Waals surface area contributed by atoms with Crippen molar-refractivity contribution in [3.05, 3.63) is 73.9 Å². The van der Waals surface area contributed by atoms with E-state index in [2.05, 4.69) is 10.1 Å². The van der Waals surface area contributed by atoms with Crippen LogP contribution in [0.15, 0.2) is 51.5 Å². The molecule has 4 rings (SSSR count). The maximum absolute atomic E-state index is 12.9. The van der Waals surface area contributed by atoms with Crippen molar-refractivity contribution in [3.63, 3.8) is 0 Å². The average molecular weight is 338 g/mol. The molecule has 6 nitrogen and oxygen atoms in total. The Kier molecular flexibility index (Phi) is 3.24. The van der Waals surface area contributed by atoms with Crippen LogP contribution in [-0.2, 0) is 0 Å². The Hall–Kier alpha value is -2.93. The summed E-state index contributed by atoms with van der Waals surface area (Å²) in [7, 11) is 0. The normalized spacial score (nSPS) is 11.2. The Morgan fingerprint density at radius 2 is 1.96 bits per heavy atom. The van der Waals surface area contributed by atoms with E-state index in [-0.39, 0.29) is 11.1 Å². The zero-order valence-corrected chi connectivity index (χ0v) is 13.9. The molecular weight excluding hydrogens is 324 g/mol. The number of fused-ring (bicyclic) bond motifs is 1. The molecule has 0 atom stereocenters. The van der Waals surface area contributed by atoms with Gasteiger partial charge in [-0.3, -0.25) is 19.3 Å². The summed E-state index contributed by atoms with van der Waals surface area (Å²) < 4.78 is 2.96. The second kappa shape index (κ2) is 5.31. The molecular formula is C17H14N4O2S. The van der Waals surface area contributed by atoms with E-state index >= 15 is 0 Å². The number of hydrogen-bond donors (Lipinski definition) is 1. The van der Waals surface area contributed by atoms with Gasteiger partial charge in [0.2, 0.25) is 0 Å². The molecule has 0 saturated heterocycles. The van der Waals surface area contributed by atoms with Crippen LogP contribution in [0.2, 0.25) is 0 Å². The van der Waals surface area contributed by atoms with Crippen molar-refractivity contribution >= 4 is 22.2 Å². The predicted molar refractivity (Wildman–Crippen MR) is 94.6 cm³/mol. The number of aromatic nitrogens is 4. The zero-order chi connectivity index (χ0) is 16.8. The first kappa shape index (κ1) is 14.6. The standard InChI is InChI=1S/C17H14N4O2S/c1-10-5-3-4-6-13(10)21-16(23)15-11(2)20(17-18-7-8-24-17)14(22)9-12(15)19-21/h3-9,19H,1-2H3. The van der Waals surface area contributed by atoms with Crippen LogP contribution in [0.25, 0.3) is 21.7 Å². The van der Waals surface area contributed by atoms with Gasteiger partial charge in [-0.1, -0.05) is 18.2 Å². The fourth-order valence-corrected chi connectivity index (χ4v) is 3.62. The number of nitrogens with zero attached hydrogens (tertiary/aromatic N) is 3. The Bertz CT molecular complexity index is 1170. The third-order valence-electron chi connectivity index (χ3n) is 4.07. The summed E-state index contributed by atoms with van der Waals surface area (Å²) in [6.07, 6.45) is 1.64. The van der Waals surface area contributed by atoms with Gasteiger partial charge in [0.15, 0.2) is 5.13 Å². The van der Waals surface area contributed by atoms with Crippen LogP contribution in [0, 0.1) is 13.8 Å². The third kappa shape index (κ3) is 2.05. The lowest BCUT2D eigenvalue weighted by Crippen LogP contribution is -2.21. The van der Waals surface area contributed by atoms with Gasteiger partial charge in [0, 0.05) is 23.3 Å². The van der Waals surface area contributed by atoms with Crippen LogP contribution in [0.3, 0.4) is 0 Å². The Morgan fingerprint density at radius 3 is 2.67 bits per heavy atom. The highest BCUT2D eigenvalue weighted by Gasteiger charge is 2.17. The van der Waals surface area contributed by atoms with Gasteiger partial charge in [0.25, 0.3) is 11.1 Å². The minimum atomic E-state index is -0.215. The highest BCUT2D eigenvalue weighted by molar-refractivity contribution is 7.12. The molecule has 0 unspecified atom stereocenters. The van der Waals surface area contributed by atoms with Gasteiger partial charge in [-0.05, 0) is 25.5 Å². The molecule has 4 aromatic rings. The van der Waals surface area contributed by atoms with E-state index < -0.39 is 0 Å². The molecule has 0 fully saturated rings. The van der Waals surface area contributed by atoms with Crippen LogP contribution >= 0.6 is 11.3 Å². The first-order valence-corrected chi connectivity index (χ1v) is 8.29. The first-order chi connectivity index (χ1) is 11.6. The first-order valence-electron chi connectivity index (χ1n) is 7.41. The van der Waals surface area contributed by atoms with Crippen LogP contribution in [0.1, 0.15) is 11.3 Å². The number of aromatic amines is 1. The molecule has 0 aliphatic heterocycles. The minimum Gasteiger partial charge on any atom is -0.290 e. The molecule has 0 saturated carbocycles. The number of benzene rings is 1. The second-order valence-corrected chi connectivity index (χ2v) is 6.42. The number of nitrogens with one attached hydrogen (secondary N) is 1. The van der Waals surface area contributed by atoms with Crippen LogP contribution in [0.5, 0.6) is 0 Å². The van der Waals surface area contributed by atoms with Crippen molar-refractivity contribution in [2.45, 2.75) is 13.8 Å². The highest BCUT2D eigenvalue weighted by atomic mass is 32.1. The topological polar surface area (TPSA) is 72.7 Å². The van der Waals surface area contributed by atoms with Crippen molar-refractivity contribution in [1.29, 1.82) is 0 Å². The number of H-pyrrole nitrogens is 1. The lowest BCUT2D eigenvalue weighted by molar-refractivity contribution is 0.856. The molecule has 24 heavy (non-hydrogen) atoms. The Balaban J connectivity index is 2.08. The molecule has 7 heteroatoms. The van der Waals surface area contributed by atoms with Crippen molar-refractivity contribution in [3.8, 4) is 10.8 Å². The van der Waals surface area contributed by atoms with Gasteiger partial charge in [0.1, 0.15) is 0 Å². The lowest BCUT2D eigenvalue weighted by Gasteiger charge is -2.05. The fourth-order valence-electron chi connectivity index (χ4n) is 2.92. The van der Waals surface area contributed by atoms with E-state index in [4.69, 9.17) is 0 Å².